The molecule has 1 nitrogen and oxygen atoms in total. The fraction of sp³-hybridized carbons (Fsp3) is 0.222. The molecule has 0 saturated heterocycles. The quantitative estimate of drug-likeness (QED) is 0.414. The molecule has 0 amide bonds. The first-order valence-corrected chi connectivity index (χ1v) is 3.12. The highest BCUT2D eigenvalue weighted by Gasteiger charge is 1.91. The lowest BCUT2D eigenvalue weighted by molar-refractivity contribution is 1.32. The van der Waals surface area contributed by atoms with Gasteiger partial charge >= 0.3 is 0 Å². The van der Waals surface area contributed by atoms with Gasteiger partial charge in [-0.15, -0.1) is 0 Å². The smallest absolute Gasteiger partial charge is 0.0273 e. The zero-order valence-electron chi connectivity index (χ0n) is 6.43. The molecule has 0 atom stereocenters. The monoisotopic (exact) mass is 135 g/mol. The summed E-state index contributed by atoms with van der Waals surface area (Å²) >= 11 is 0. The van der Waals surface area contributed by atoms with Crippen LogP contribution in [0.2, 0.25) is 0 Å². The van der Waals surface area contributed by atoms with Crippen LogP contribution in [-0.2, 0) is 0 Å². The van der Waals surface area contributed by atoms with E-state index in [0.29, 0.717) is 0 Å². The normalized spacial score (nSPS) is 9.70. The summed E-state index contributed by atoms with van der Waals surface area (Å²) in [5.74, 6) is 0. The first-order valence-electron chi connectivity index (χ1n) is 3.12. The predicted octanol–water partition coefficient (Wildman–Crippen LogP) is 2.38. The summed E-state index contributed by atoms with van der Waals surface area (Å²) in [5.41, 5.74) is 1.86. The first kappa shape index (κ1) is 8.89. The molecule has 0 rings (SSSR count). The van der Waals surface area contributed by atoms with Gasteiger partial charge in [-0.2, -0.15) is 0 Å². The van der Waals surface area contributed by atoms with E-state index in [1.165, 1.54) is 0 Å². The Morgan fingerprint density at radius 1 is 1.50 bits per heavy atom. The summed E-state index contributed by atoms with van der Waals surface area (Å²) in [5, 5.41) is 0. The number of rotatable bonds is 4. The number of aliphatic imine (C=N–C) groups is 1. The summed E-state index contributed by atoms with van der Waals surface area (Å²) in [6.07, 6.45) is 4.27. The molecule has 0 fully saturated rings. The van der Waals surface area contributed by atoms with Crippen LogP contribution in [0.25, 0.3) is 0 Å². The van der Waals surface area contributed by atoms with Crippen LogP contribution in [0.5, 0.6) is 0 Å². The Hall–Kier alpha value is -1.11. The number of hydrogen-bond acceptors (Lipinski definition) is 1. The van der Waals surface area contributed by atoms with Crippen molar-refractivity contribution in [1.29, 1.82) is 0 Å². The van der Waals surface area contributed by atoms with E-state index in [4.69, 9.17) is 0 Å². The van der Waals surface area contributed by atoms with E-state index in [1.807, 2.05) is 0 Å². The minimum Gasteiger partial charge on any atom is -0.301 e. The maximum absolute atomic E-state index is 3.83. The van der Waals surface area contributed by atoms with Crippen LogP contribution in [-0.4, -0.2) is 13.3 Å². The van der Waals surface area contributed by atoms with Gasteiger partial charge in [-0.05, 0) is 11.1 Å². The second kappa shape index (κ2) is 4.74. The third kappa shape index (κ3) is 3.02. The lowest BCUT2D eigenvalue weighted by Crippen LogP contribution is -1.83. The van der Waals surface area contributed by atoms with Crippen molar-refractivity contribution in [3.8, 4) is 0 Å². The SMILES string of the molecule is C=CC(=C)C(=C)CC=NC. The first-order chi connectivity index (χ1) is 4.72. The van der Waals surface area contributed by atoms with Gasteiger partial charge in [-0.25, -0.2) is 0 Å². The van der Waals surface area contributed by atoms with Gasteiger partial charge in [-0.1, -0.05) is 25.8 Å². The summed E-state index contributed by atoms with van der Waals surface area (Å²) in [7, 11) is 1.74. The zero-order valence-corrected chi connectivity index (χ0v) is 6.43. The van der Waals surface area contributed by atoms with E-state index >= 15 is 0 Å². The van der Waals surface area contributed by atoms with Crippen LogP contribution in [0.1, 0.15) is 6.42 Å². The summed E-state index contributed by atoms with van der Waals surface area (Å²) in [6, 6.07) is 0. The molecule has 0 N–H and O–H groups in total. The van der Waals surface area contributed by atoms with Gasteiger partial charge in [0.05, 0.1) is 0 Å². The Morgan fingerprint density at radius 3 is 2.50 bits per heavy atom. The van der Waals surface area contributed by atoms with Crippen LogP contribution in [0, 0.1) is 0 Å². The Bertz CT molecular complexity index is 175. The van der Waals surface area contributed by atoms with Crippen molar-refractivity contribution in [2.45, 2.75) is 6.42 Å². The lowest BCUT2D eigenvalue weighted by atomic mass is 10.1. The second-order valence-corrected chi connectivity index (χ2v) is 1.98. The van der Waals surface area contributed by atoms with Crippen LogP contribution in [0.15, 0.2) is 42.0 Å². The topological polar surface area (TPSA) is 12.4 Å². The molecular formula is C9H13N. The van der Waals surface area contributed by atoms with Gasteiger partial charge < -0.3 is 4.99 Å². The van der Waals surface area contributed by atoms with Crippen molar-refractivity contribution < 1.29 is 0 Å². The summed E-state index contributed by atoms with van der Waals surface area (Å²) in [6.45, 7) is 11.1. The van der Waals surface area contributed by atoms with E-state index in [2.05, 4.69) is 24.7 Å². The molecule has 0 aromatic carbocycles. The van der Waals surface area contributed by atoms with E-state index in [1.54, 1.807) is 19.3 Å². The maximum Gasteiger partial charge on any atom is 0.0273 e. The molecule has 1 heteroatoms. The Labute approximate surface area is 62.5 Å². The Balaban J connectivity index is 3.85. The van der Waals surface area contributed by atoms with E-state index in [0.717, 1.165) is 17.6 Å². The molecule has 0 radical (unpaired) electrons. The van der Waals surface area contributed by atoms with Gasteiger partial charge in [-0.3, -0.25) is 0 Å². The molecule has 0 aliphatic heterocycles. The molecule has 0 bridgehead atoms. The summed E-state index contributed by atoms with van der Waals surface area (Å²) in [4.78, 5) is 3.83. The van der Waals surface area contributed by atoms with E-state index < -0.39 is 0 Å². The van der Waals surface area contributed by atoms with E-state index in [-0.39, 0.29) is 0 Å². The Kier molecular flexibility index (Phi) is 4.21. The molecule has 54 valence electrons. The highest BCUT2D eigenvalue weighted by Crippen LogP contribution is 2.07. The van der Waals surface area contributed by atoms with Crippen LogP contribution in [0.3, 0.4) is 0 Å². The van der Waals surface area contributed by atoms with Crippen molar-refractivity contribution in [2.24, 2.45) is 4.99 Å². The van der Waals surface area contributed by atoms with Gasteiger partial charge in [0.25, 0.3) is 0 Å². The molecular weight excluding hydrogens is 122 g/mol. The van der Waals surface area contributed by atoms with E-state index in [9.17, 15) is 0 Å². The van der Waals surface area contributed by atoms with Gasteiger partial charge in [0.15, 0.2) is 0 Å². The average Bonchev–Trinajstić information content (AvgIpc) is 1.98. The molecule has 0 saturated carbocycles. The highest BCUT2D eigenvalue weighted by molar-refractivity contribution is 5.63. The minimum atomic E-state index is 0.765. The zero-order chi connectivity index (χ0) is 7.98. The molecule has 0 spiro atoms. The van der Waals surface area contributed by atoms with Crippen molar-refractivity contribution in [3.63, 3.8) is 0 Å². The van der Waals surface area contributed by atoms with Gasteiger partial charge in [0, 0.05) is 19.7 Å². The van der Waals surface area contributed by atoms with Crippen LogP contribution >= 0.6 is 0 Å². The molecule has 0 heterocycles. The molecule has 0 aromatic heterocycles. The number of allylic oxidation sites excluding steroid dienone is 3. The average molecular weight is 135 g/mol. The fourth-order valence-electron chi connectivity index (χ4n) is 0.477. The lowest BCUT2D eigenvalue weighted by Gasteiger charge is -1.98. The fourth-order valence-corrected chi connectivity index (χ4v) is 0.477. The van der Waals surface area contributed by atoms with Gasteiger partial charge in [0.1, 0.15) is 0 Å². The highest BCUT2D eigenvalue weighted by atomic mass is 14.6. The molecule has 0 aromatic rings. The summed E-state index contributed by atoms with van der Waals surface area (Å²) < 4.78 is 0. The van der Waals surface area contributed by atoms with Crippen molar-refractivity contribution in [1.82, 2.24) is 0 Å². The predicted molar refractivity (Wildman–Crippen MR) is 47.5 cm³/mol. The third-order valence-corrected chi connectivity index (χ3v) is 1.22. The van der Waals surface area contributed by atoms with Crippen molar-refractivity contribution >= 4 is 6.21 Å². The molecule has 0 unspecified atom stereocenters. The van der Waals surface area contributed by atoms with Gasteiger partial charge in [0.2, 0.25) is 0 Å². The number of nitrogens with zero attached hydrogens (tertiary/aromatic N) is 1. The Morgan fingerprint density at radius 2 is 2.10 bits per heavy atom. The van der Waals surface area contributed by atoms with Crippen molar-refractivity contribution in [2.75, 3.05) is 7.05 Å². The second-order valence-electron chi connectivity index (χ2n) is 1.98. The third-order valence-electron chi connectivity index (χ3n) is 1.22. The number of hydrogen-bond donors (Lipinski definition) is 0. The molecule has 0 aliphatic carbocycles. The largest absolute Gasteiger partial charge is 0.301 e. The minimum absolute atomic E-state index is 0.765. The van der Waals surface area contributed by atoms with Crippen LogP contribution in [0.4, 0.5) is 0 Å². The molecule has 0 aliphatic rings. The van der Waals surface area contributed by atoms with Crippen LogP contribution < -0.4 is 0 Å². The molecule has 10 heavy (non-hydrogen) atoms. The van der Waals surface area contributed by atoms with Crippen molar-refractivity contribution in [3.05, 3.63) is 37.0 Å². The maximum atomic E-state index is 3.83. The standard InChI is InChI=1S/C9H13N/c1-5-8(2)9(3)6-7-10-4/h5,7H,1-3,6H2,4H3.